The SMILES string of the molecule is O=C(NCc1ccc2c(c1)OCO2)[C@H]1C[C@@H]2C=C[C@H]1C2. The molecular formula is C16H17NO3. The Morgan fingerprint density at radius 1 is 1.20 bits per heavy atom. The smallest absolute Gasteiger partial charge is 0.231 e. The van der Waals surface area contributed by atoms with E-state index < -0.39 is 0 Å². The third-order valence-electron chi connectivity index (χ3n) is 4.52. The van der Waals surface area contributed by atoms with Crippen LogP contribution in [0.3, 0.4) is 0 Å². The number of hydrogen-bond donors (Lipinski definition) is 1. The van der Waals surface area contributed by atoms with E-state index in [2.05, 4.69) is 17.5 Å². The van der Waals surface area contributed by atoms with Crippen molar-refractivity contribution in [3.05, 3.63) is 35.9 Å². The second-order valence-corrected chi connectivity index (χ2v) is 5.79. The summed E-state index contributed by atoms with van der Waals surface area (Å²) in [6.45, 7) is 0.829. The van der Waals surface area contributed by atoms with Crippen LogP contribution in [0.4, 0.5) is 0 Å². The minimum Gasteiger partial charge on any atom is -0.454 e. The summed E-state index contributed by atoms with van der Waals surface area (Å²) in [4.78, 5) is 12.2. The van der Waals surface area contributed by atoms with Crippen LogP contribution in [0, 0.1) is 17.8 Å². The normalized spacial score (nSPS) is 28.9. The molecule has 104 valence electrons. The summed E-state index contributed by atoms with van der Waals surface area (Å²) in [5.74, 6) is 2.97. The summed E-state index contributed by atoms with van der Waals surface area (Å²) in [5, 5.41) is 3.05. The summed E-state index contributed by atoms with van der Waals surface area (Å²) in [5.41, 5.74) is 1.04. The molecule has 1 aromatic rings. The molecule has 4 heteroatoms. The number of rotatable bonds is 3. The summed E-state index contributed by atoms with van der Waals surface area (Å²) in [6.07, 6.45) is 6.63. The second kappa shape index (κ2) is 4.54. The third kappa shape index (κ3) is 1.96. The molecule has 1 aliphatic heterocycles. The molecule has 2 bridgehead atoms. The Bertz CT molecular complexity index is 581. The Morgan fingerprint density at radius 2 is 2.10 bits per heavy atom. The molecule has 1 fully saturated rings. The lowest BCUT2D eigenvalue weighted by molar-refractivity contribution is -0.125. The molecule has 0 aromatic heterocycles. The Kier molecular flexibility index (Phi) is 2.69. The van der Waals surface area contributed by atoms with Crippen molar-refractivity contribution >= 4 is 5.91 Å². The quantitative estimate of drug-likeness (QED) is 0.858. The molecule has 1 aromatic carbocycles. The number of ether oxygens (including phenoxy) is 2. The van der Waals surface area contributed by atoms with Crippen LogP contribution in [0.15, 0.2) is 30.4 Å². The van der Waals surface area contributed by atoms with E-state index >= 15 is 0 Å². The average Bonchev–Trinajstić information content (AvgIpc) is 3.19. The van der Waals surface area contributed by atoms with Crippen molar-refractivity contribution in [3.63, 3.8) is 0 Å². The zero-order valence-corrected chi connectivity index (χ0v) is 11.2. The molecule has 20 heavy (non-hydrogen) atoms. The van der Waals surface area contributed by atoms with Gasteiger partial charge in [-0.2, -0.15) is 0 Å². The highest BCUT2D eigenvalue weighted by atomic mass is 16.7. The van der Waals surface area contributed by atoms with Gasteiger partial charge in [0.2, 0.25) is 12.7 Å². The van der Waals surface area contributed by atoms with Gasteiger partial charge < -0.3 is 14.8 Å². The van der Waals surface area contributed by atoms with Gasteiger partial charge in [0.15, 0.2) is 11.5 Å². The molecule has 0 spiro atoms. The van der Waals surface area contributed by atoms with E-state index in [4.69, 9.17) is 9.47 Å². The van der Waals surface area contributed by atoms with Gasteiger partial charge in [0.05, 0.1) is 0 Å². The van der Waals surface area contributed by atoms with Gasteiger partial charge >= 0.3 is 0 Å². The fraction of sp³-hybridized carbons (Fsp3) is 0.438. The molecule has 1 N–H and O–H groups in total. The van der Waals surface area contributed by atoms with E-state index in [9.17, 15) is 4.79 Å². The number of fused-ring (bicyclic) bond motifs is 3. The molecule has 4 rings (SSSR count). The number of carbonyl (C=O) groups is 1. The Labute approximate surface area is 117 Å². The lowest BCUT2D eigenvalue weighted by Crippen LogP contribution is -2.32. The minimum atomic E-state index is 0.166. The molecule has 3 atom stereocenters. The standard InChI is InChI=1S/C16H17NO3/c18-16(13-6-10-1-3-12(13)5-10)17-8-11-2-4-14-15(7-11)20-9-19-14/h1-4,7,10,12-13H,5-6,8-9H2,(H,17,18)/t10-,12+,13+/m1/s1. The van der Waals surface area contributed by atoms with Gasteiger partial charge in [0.25, 0.3) is 0 Å². The van der Waals surface area contributed by atoms with Gasteiger partial charge in [-0.05, 0) is 42.4 Å². The first-order valence-corrected chi connectivity index (χ1v) is 7.14. The predicted molar refractivity (Wildman–Crippen MR) is 73.3 cm³/mol. The van der Waals surface area contributed by atoms with E-state index in [-0.39, 0.29) is 18.6 Å². The molecule has 0 saturated heterocycles. The minimum absolute atomic E-state index is 0.166. The zero-order chi connectivity index (χ0) is 13.5. The van der Waals surface area contributed by atoms with E-state index in [0.29, 0.717) is 18.4 Å². The van der Waals surface area contributed by atoms with Crippen molar-refractivity contribution in [2.45, 2.75) is 19.4 Å². The highest BCUT2D eigenvalue weighted by Gasteiger charge is 2.39. The van der Waals surface area contributed by atoms with Gasteiger partial charge in [0, 0.05) is 12.5 Å². The van der Waals surface area contributed by atoms with Crippen LogP contribution in [0.5, 0.6) is 11.5 Å². The van der Waals surface area contributed by atoms with Gasteiger partial charge in [-0.3, -0.25) is 4.79 Å². The van der Waals surface area contributed by atoms with Crippen LogP contribution in [-0.2, 0) is 11.3 Å². The molecule has 1 heterocycles. The molecule has 3 aliphatic rings. The Balaban J connectivity index is 1.38. The maximum atomic E-state index is 12.2. The van der Waals surface area contributed by atoms with Crippen LogP contribution in [0.25, 0.3) is 0 Å². The van der Waals surface area contributed by atoms with Crippen molar-refractivity contribution in [3.8, 4) is 11.5 Å². The number of nitrogens with one attached hydrogen (secondary N) is 1. The summed E-state index contributed by atoms with van der Waals surface area (Å²) >= 11 is 0. The van der Waals surface area contributed by atoms with E-state index in [0.717, 1.165) is 29.9 Å². The van der Waals surface area contributed by atoms with Crippen molar-refractivity contribution < 1.29 is 14.3 Å². The van der Waals surface area contributed by atoms with Crippen molar-refractivity contribution in [1.82, 2.24) is 5.32 Å². The van der Waals surface area contributed by atoms with Crippen molar-refractivity contribution in [2.75, 3.05) is 6.79 Å². The zero-order valence-electron chi connectivity index (χ0n) is 11.2. The number of benzene rings is 1. The largest absolute Gasteiger partial charge is 0.454 e. The summed E-state index contributed by atoms with van der Waals surface area (Å²) < 4.78 is 10.6. The summed E-state index contributed by atoms with van der Waals surface area (Å²) in [7, 11) is 0. The van der Waals surface area contributed by atoms with E-state index in [1.807, 2.05) is 18.2 Å². The number of allylic oxidation sites excluding steroid dienone is 2. The van der Waals surface area contributed by atoms with Crippen LogP contribution in [-0.4, -0.2) is 12.7 Å². The maximum Gasteiger partial charge on any atom is 0.231 e. The first-order valence-electron chi connectivity index (χ1n) is 7.14. The Hall–Kier alpha value is -1.97. The van der Waals surface area contributed by atoms with Crippen LogP contribution >= 0.6 is 0 Å². The highest BCUT2D eigenvalue weighted by molar-refractivity contribution is 5.80. The van der Waals surface area contributed by atoms with Crippen molar-refractivity contribution in [1.29, 1.82) is 0 Å². The fourth-order valence-electron chi connectivity index (χ4n) is 3.45. The van der Waals surface area contributed by atoms with Crippen molar-refractivity contribution in [2.24, 2.45) is 17.8 Å². The molecule has 2 aliphatic carbocycles. The van der Waals surface area contributed by atoms with Crippen LogP contribution < -0.4 is 14.8 Å². The predicted octanol–water partition coefficient (Wildman–Crippen LogP) is 2.24. The van der Waals surface area contributed by atoms with E-state index in [1.54, 1.807) is 0 Å². The molecule has 0 radical (unpaired) electrons. The van der Waals surface area contributed by atoms with Gasteiger partial charge in [-0.15, -0.1) is 0 Å². The third-order valence-corrected chi connectivity index (χ3v) is 4.52. The maximum absolute atomic E-state index is 12.2. The summed E-state index contributed by atoms with van der Waals surface area (Å²) in [6, 6.07) is 5.79. The Morgan fingerprint density at radius 3 is 2.90 bits per heavy atom. The molecule has 0 unspecified atom stereocenters. The van der Waals surface area contributed by atoms with Gasteiger partial charge in [0.1, 0.15) is 0 Å². The topological polar surface area (TPSA) is 47.6 Å². The number of amides is 1. The van der Waals surface area contributed by atoms with Gasteiger partial charge in [-0.1, -0.05) is 18.2 Å². The first-order chi connectivity index (χ1) is 9.79. The molecule has 1 saturated carbocycles. The average molecular weight is 271 g/mol. The fourth-order valence-corrected chi connectivity index (χ4v) is 3.45. The molecular weight excluding hydrogens is 254 g/mol. The first kappa shape index (κ1) is 11.8. The second-order valence-electron chi connectivity index (χ2n) is 5.79. The monoisotopic (exact) mass is 271 g/mol. The lowest BCUT2D eigenvalue weighted by atomic mass is 9.93. The number of carbonyl (C=O) groups excluding carboxylic acids is 1. The van der Waals surface area contributed by atoms with Crippen LogP contribution in [0.2, 0.25) is 0 Å². The molecule has 1 amide bonds. The number of hydrogen-bond acceptors (Lipinski definition) is 3. The highest BCUT2D eigenvalue weighted by Crippen LogP contribution is 2.43. The molecule has 4 nitrogen and oxygen atoms in total. The van der Waals surface area contributed by atoms with E-state index in [1.165, 1.54) is 0 Å². The van der Waals surface area contributed by atoms with Crippen LogP contribution in [0.1, 0.15) is 18.4 Å². The van der Waals surface area contributed by atoms with Gasteiger partial charge in [-0.25, -0.2) is 0 Å². The lowest BCUT2D eigenvalue weighted by Gasteiger charge is -2.17.